The van der Waals surface area contributed by atoms with Crippen molar-refractivity contribution in [1.29, 1.82) is 0 Å². The van der Waals surface area contributed by atoms with Gasteiger partial charge in [0, 0.05) is 50.4 Å². The first-order valence-corrected chi connectivity index (χ1v) is 10.0. The van der Waals surface area contributed by atoms with Crippen LogP contribution in [0, 0.1) is 0 Å². The summed E-state index contributed by atoms with van der Waals surface area (Å²) in [7, 11) is 2.14. The molecule has 0 amide bonds. The van der Waals surface area contributed by atoms with E-state index in [2.05, 4.69) is 33.0 Å². The van der Waals surface area contributed by atoms with Gasteiger partial charge in [-0.05, 0) is 25.2 Å². The van der Waals surface area contributed by atoms with Crippen LogP contribution in [0.25, 0.3) is 16.4 Å². The molecular weight excluding hydrogens is 400 g/mol. The molecule has 1 aromatic carbocycles. The van der Waals surface area contributed by atoms with Crippen LogP contribution in [-0.2, 0) is 13.0 Å². The molecule has 0 saturated carbocycles. The number of imidazole rings is 1. The smallest absolute Gasteiger partial charge is 0.276 e. The molecule has 1 aliphatic heterocycles. The Kier molecular flexibility index (Phi) is 5.74. The lowest BCUT2D eigenvalue weighted by Crippen LogP contribution is -2.45. The molecule has 0 atom stereocenters. The Bertz CT molecular complexity index is 1190. The van der Waals surface area contributed by atoms with Crippen molar-refractivity contribution in [3.63, 3.8) is 0 Å². The Hall–Kier alpha value is -2.90. The van der Waals surface area contributed by atoms with Gasteiger partial charge in [0.15, 0.2) is 0 Å². The van der Waals surface area contributed by atoms with E-state index in [-0.39, 0.29) is 18.0 Å². The summed E-state index contributed by atoms with van der Waals surface area (Å²) in [6, 6.07) is 12.0. The van der Waals surface area contributed by atoms with Crippen molar-refractivity contribution in [1.82, 2.24) is 24.1 Å². The van der Waals surface area contributed by atoms with Crippen LogP contribution in [0.3, 0.4) is 0 Å². The van der Waals surface area contributed by atoms with Crippen molar-refractivity contribution in [2.45, 2.75) is 13.0 Å². The maximum atomic E-state index is 13.3. The minimum Gasteiger partial charge on any atom is -0.368 e. The molecule has 30 heavy (non-hydrogen) atoms. The van der Waals surface area contributed by atoms with Gasteiger partial charge in [-0.1, -0.05) is 18.2 Å². The lowest BCUT2D eigenvalue weighted by Gasteiger charge is -2.34. The fraction of sp³-hybridized carbons (Fsp3) is 0.318. The van der Waals surface area contributed by atoms with Gasteiger partial charge in [-0.3, -0.25) is 4.79 Å². The van der Waals surface area contributed by atoms with E-state index in [4.69, 9.17) is 0 Å². The van der Waals surface area contributed by atoms with Crippen molar-refractivity contribution in [3.05, 3.63) is 71.0 Å². The van der Waals surface area contributed by atoms with Gasteiger partial charge in [0.2, 0.25) is 0 Å². The molecule has 0 radical (unpaired) electrons. The Morgan fingerprint density at radius 1 is 1.03 bits per heavy atom. The lowest BCUT2D eigenvalue weighted by molar-refractivity contribution is 0.313. The molecule has 3 aromatic heterocycles. The van der Waals surface area contributed by atoms with Crippen LogP contribution in [0.5, 0.6) is 0 Å². The van der Waals surface area contributed by atoms with Crippen molar-refractivity contribution in [2.75, 3.05) is 38.1 Å². The summed E-state index contributed by atoms with van der Waals surface area (Å²) < 4.78 is 3.57. The van der Waals surface area contributed by atoms with Crippen LogP contribution < -0.4 is 10.5 Å². The summed E-state index contributed by atoms with van der Waals surface area (Å²) in [5.74, 6) is 0. The maximum absolute atomic E-state index is 13.3. The van der Waals surface area contributed by atoms with Crippen LogP contribution in [0.4, 0.5) is 5.69 Å². The molecule has 8 heteroatoms. The van der Waals surface area contributed by atoms with E-state index < -0.39 is 0 Å². The van der Waals surface area contributed by atoms with Crippen molar-refractivity contribution in [3.8, 4) is 0 Å². The lowest BCUT2D eigenvalue weighted by atomic mass is 10.1. The molecule has 0 unspecified atom stereocenters. The molecule has 1 aliphatic rings. The van der Waals surface area contributed by atoms with Gasteiger partial charge >= 0.3 is 0 Å². The van der Waals surface area contributed by atoms with Gasteiger partial charge in [0.25, 0.3) is 5.56 Å². The van der Waals surface area contributed by atoms with Gasteiger partial charge < -0.3 is 14.2 Å². The van der Waals surface area contributed by atoms with Crippen LogP contribution in [-0.4, -0.2) is 57.3 Å². The summed E-state index contributed by atoms with van der Waals surface area (Å²) in [4.78, 5) is 22.5. The second-order valence-corrected chi connectivity index (χ2v) is 7.65. The summed E-state index contributed by atoms with van der Waals surface area (Å²) in [5.41, 5.74) is 2.86. The predicted molar refractivity (Wildman–Crippen MR) is 122 cm³/mol. The zero-order chi connectivity index (χ0) is 19.8. The van der Waals surface area contributed by atoms with Gasteiger partial charge in [-0.25, -0.2) is 9.67 Å². The number of anilines is 1. The highest BCUT2D eigenvalue weighted by Gasteiger charge is 2.18. The second-order valence-electron chi connectivity index (χ2n) is 7.65. The molecule has 0 N–H and O–H groups in total. The average Bonchev–Trinajstić information content (AvgIpc) is 3.16. The Balaban J connectivity index is 0.00000218. The molecule has 1 fully saturated rings. The standard InChI is InChI=1S/C22H24N6O.ClH/c1-25-11-13-26(14-12-25)19-6-4-5-17-15-23-28(22(29)21(17)19)10-8-18-16-27-9-3-2-7-20(27)24-18;/h2-7,9,15-16H,8,10-14H2,1H3;1H. The molecule has 1 saturated heterocycles. The highest BCUT2D eigenvalue weighted by Crippen LogP contribution is 2.24. The molecule has 5 rings (SSSR count). The summed E-state index contributed by atoms with van der Waals surface area (Å²) >= 11 is 0. The predicted octanol–water partition coefficient (Wildman–Crippen LogP) is 2.46. The number of likely N-dealkylation sites (N-methyl/N-ethyl adjacent to an activating group) is 1. The van der Waals surface area contributed by atoms with Crippen LogP contribution >= 0.6 is 12.4 Å². The number of hydrogen-bond acceptors (Lipinski definition) is 5. The fourth-order valence-corrected chi connectivity index (χ4v) is 4.01. The van der Waals surface area contributed by atoms with E-state index in [1.807, 2.05) is 47.1 Å². The molecule has 0 spiro atoms. The molecule has 4 heterocycles. The number of benzene rings is 1. The SMILES string of the molecule is CN1CCN(c2cccc3cnn(CCc4cn5ccccc5n4)c(=O)c23)CC1.Cl. The minimum atomic E-state index is -0.0270. The molecule has 4 aromatic rings. The van der Waals surface area contributed by atoms with Crippen molar-refractivity contribution < 1.29 is 0 Å². The summed E-state index contributed by atoms with van der Waals surface area (Å²) in [6.07, 6.45) is 6.46. The highest BCUT2D eigenvalue weighted by molar-refractivity contribution is 5.93. The summed E-state index contributed by atoms with van der Waals surface area (Å²) in [5, 5.41) is 6.08. The average molecular weight is 425 g/mol. The first-order valence-electron chi connectivity index (χ1n) is 10.0. The number of piperazine rings is 1. The quantitative estimate of drug-likeness (QED) is 0.503. The second kappa shape index (κ2) is 8.45. The minimum absolute atomic E-state index is 0. The highest BCUT2D eigenvalue weighted by atomic mass is 35.5. The Morgan fingerprint density at radius 3 is 2.67 bits per heavy atom. The molecule has 0 bridgehead atoms. The number of aryl methyl sites for hydroxylation is 2. The van der Waals surface area contributed by atoms with Crippen LogP contribution in [0.2, 0.25) is 0 Å². The number of halogens is 1. The van der Waals surface area contributed by atoms with Gasteiger partial charge in [-0.15, -0.1) is 12.4 Å². The van der Waals surface area contributed by atoms with Gasteiger partial charge in [0.05, 0.1) is 29.5 Å². The number of hydrogen-bond donors (Lipinski definition) is 0. The van der Waals surface area contributed by atoms with E-state index >= 15 is 0 Å². The third-order valence-corrected chi connectivity index (χ3v) is 5.70. The number of rotatable bonds is 4. The van der Waals surface area contributed by atoms with E-state index in [1.54, 1.807) is 10.9 Å². The Morgan fingerprint density at radius 2 is 1.87 bits per heavy atom. The molecular formula is C22H25ClN6O. The molecule has 7 nitrogen and oxygen atoms in total. The summed E-state index contributed by atoms with van der Waals surface area (Å²) in [6.45, 7) is 4.38. The number of aromatic nitrogens is 4. The number of fused-ring (bicyclic) bond motifs is 2. The third kappa shape index (κ3) is 3.78. The fourth-order valence-electron chi connectivity index (χ4n) is 4.01. The largest absolute Gasteiger partial charge is 0.368 e. The van der Waals surface area contributed by atoms with Crippen LogP contribution in [0.15, 0.2) is 59.8 Å². The topological polar surface area (TPSA) is 58.7 Å². The number of nitrogens with zero attached hydrogens (tertiary/aromatic N) is 6. The zero-order valence-corrected chi connectivity index (χ0v) is 17.8. The number of pyridine rings is 1. The zero-order valence-electron chi connectivity index (χ0n) is 16.9. The van der Waals surface area contributed by atoms with E-state index in [1.165, 1.54) is 0 Å². The van der Waals surface area contributed by atoms with E-state index in [9.17, 15) is 4.79 Å². The monoisotopic (exact) mass is 424 g/mol. The van der Waals surface area contributed by atoms with E-state index in [0.29, 0.717) is 13.0 Å². The van der Waals surface area contributed by atoms with Crippen LogP contribution in [0.1, 0.15) is 5.69 Å². The first kappa shape index (κ1) is 20.4. The molecule has 0 aliphatic carbocycles. The van der Waals surface area contributed by atoms with Gasteiger partial charge in [0.1, 0.15) is 5.65 Å². The van der Waals surface area contributed by atoms with Gasteiger partial charge in [-0.2, -0.15) is 5.10 Å². The maximum Gasteiger partial charge on any atom is 0.276 e. The van der Waals surface area contributed by atoms with E-state index in [0.717, 1.165) is 54.0 Å². The Labute approximate surface area is 181 Å². The molecule has 156 valence electrons. The van der Waals surface area contributed by atoms with Crippen molar-refractivity contribution in [2.24, 2.45) is 0 Å². The normalized spacial score (nSPS) is 14.9. The first-order chi connectivity index (χ1) is 14.2. The third-order valence-electron chi connectivity index (χ3n) is 5.70. The van der Waals surface area contributed by atoms with Crippen molar-refractivity contribution >= 4 is 34.5 Å².